The molecule has 1 saturated heterocycles. The Morgan fingerprint density at radius 3 is 2.89 bits per heavy atom. The van der Waals surface area contributed by atoms with Crippen LogP contribution in [0.5, 0.6) is 0 Å². The van der Waals surface area contributed by atoms with E-state index in [-0.39, 0.29) is 11.8 Å². The summed E-state index contributed by atoms with van der Waals surface area (Å²) in [5.74, 6) is 1.10. The van der Waals surface area contributed by atoms with E-state index >= 15 is 0 Å². The van der Waals surface area contributed by atoms with Crippen LogP contribution in [0.2, 0.25) is 5.02 Å². The molecule has 140 valence electrons. The summed E-state index contributed by atoms with van der Waals surface area (Å²) < 4.78 is 7.76. The third-order valence-corrected chi connectivity index (χ3v) is 5.19. The highest BCUT2D eigenvalue weighted by Gasteiger charge is 2.34. The van der Waals surface area contributed by atoms with Crippen LogP contribution >= 0.6 is 11.6 Å². The van der Waals surface area contributed by atoms with Crippen molar-refractivity contribution in [3.8, 4) is 0 Å². The molecule has 0 aliphatic carbocycles. The molecule has 1 unspecified atom stereocenters. The van der Waals surface area contributed by atoms with E-state index in [4.69, 9.17) is 21.3 Å². The molecule has 5 nitrogen and oxygen atoms in total. The summed E-state index contributed by atoms with van der Waals surface area (Å²) in [7, 11) is 0. The van der Waals surface area contributed by atoms with Crippen LogP contribution in [0.1, 0.15) is 25.1 Å². The molecule has 4 rings (SSSR count). The number of nitrogens with zero attached hydrogens (tertiary/aromatic N) is 3. The van der Waals surface area contributed by atoms with Crippen LogP contribution in [0.4, 0.5) is 5.69 Å². The summed E-state index contributed by atoms with van der Waals surface area (Å²) in [4.78, 5) is 19.3. The highest BCUT2D eigenvalue weighted by Crippen LogP contribution is 2.33. The Kier molecular flexibility index (Phi) is 5.14. The zero-order valence-electron chi connectivity index (χ0n) is 15.3. The van der Waals surface area contributed by atoms with Gasteiger partial charge in [-0.05, 0) is 37.3 Å². The quantitative estimate of drug-likeness (QED) is 0.598. The maximum absolute atomic E-state index is 12.7. The van der Waals surface area contributed by atoms with E-state index in [0.29, 0.717) is 31.2 Å². The Hall–Kier alpha value is -2.37. The van der Waals surface area contributed by atoms with Gasteiger partial charge in [0.05, 0.1) is 17.6 Å². The number of anilines is 1. The molecule has 1 fully saturated rings. The monoisotopic (exact) mass is 383 g/mol. The fraction of sp³-hybridized carbons (Fsp3) is 0.333. The number of imidazole rings is 1. The minimum atomic E-state index is 0.0468. The van der Waals surface area contributed by atoms with E-state index in [1.165, 1.54) is 0 Å². The minimum Gasteiger partial charge on any atom is -0.380 e. The maximum atomic E-state index is 12.7. The average molecular weight is 384 g/mol. The van der Waals surface area contributed by atoms with Crippen molar-refractivity contribution in [2.75, 3.05) is 24.7 Å². The van der Waals surface area contributed by atoms with Crippen LogP contribution in [0.15, 0.2) is 48.5 Å². The summed E-state index contributed by atoms with van der Waals surface area (Å²) in [6.45, 7) is 4.64. The van der Waals surface area contributed by atoms with E-state index in [1.54, 1.807) is 0 Å². The van der Waals surface area contributed by atoms with Crippen molar-refractivity contribution in [1.82, 2.24) is 9.55 Å². The van der Waals surface area contributed by atoms with Crippen LogP contribution < -0.4 is 4.90 Å². The van der Waals surface area contributed by atoms with Gasteiger partial charge >= 0.3 is 0 Å². The standard InChI is InChI=1S/C21H22ClN3O2/c1-2-27-11-10-24-19-9-4-3-8-18(19)23-21(24)15-12-20(26)25(14-15)17-7-5-6-16(22)13-17/h3-9,13,15H,2,10-12,14H2,1H3. The molecule has 2 aromatic carbocycles. The molecule has 1 aliphatic rings. The van der Waals surface area contributed by atoms with Gasteiger partial charge < -0.3 is 14.2 Å². The minimum absolute atomic E-state index is 0.0468. The van der Waals surface area contributed by atoms with Crippen molar-refractivity contribution in [3.05, 3.63) is 59.4 Å². The van der Waals surface area contributed by atoms with Crippen molar-refractivity contribution < 1.29 is 9.53 Å². The molecule has 1 aliphatic heterocycles. The van der Waals surface area contributed by atoms with Gasteiger partial charge in [0.2, 0.25) is 5.91 Å². The van der Waals surface area contributed by atoms with Gasteiger partial charge in [-0.3, -0.25) is 4.79 Å². The smallest absolute Gasteiger partial charge is 0.227 e. The fourth-order valence-electron chi connectivity index (χ4n) is 3.72. The molecular formula is C21H22ClN3O2. The van der Waals surface area contributed by atoms with Gasteiger partial charge in [0.15, 0.2) is 0 Å². The second kappa shape index (κ2) is 7.71. The van der Waals surface area contributed by atoms with E-state index in [1.807, 2.05) is 54.3 Å². The third-order valence-electron chi connectivity index (χ3n) is 4.96. The van der Waals surface area contributed by atoms with E-state index in [2.05, 4.69) is 10.6 Å². The normalized spacial score (nSPS) is 17.2. The zero-order valence-corrected chi connectivity index (χ0v) is 16.0. The number of para-hydroxylation sites is 2. The maximum Gasteiger partial charge on any atom is 0.227 e. The summed E-state index contributed by atoms with van der Waals surface area (Å²) >= 11 is 6.11. The molecule has 0 bridgehead atoms. The van der Waals surface area contributed by atoms with Gasteiger partial charge in [0, 0.05) is 42.7 Å². The molecule has 3 aromatic rings. The second-order valence-corrected chi connectivity index (χ2v) is 7.13. The number of fused-ring (bicyclic) bond motifs is 1. The Balaban J connectivity index is 1.66. The Labute approximate surface area is 163 Å². The van der Waals surface area contributed by atoms with E-state index in [0.717, 1.165) is 29.1 Å². The molecule has 1 amide bonds. The van der Waals surface area contributed by atoms with Crippen LogP contribution in [0.3, 0.4) is 0 Å². The zero-order chi connectivity index (χ0) is 18.8. The van der Waals surface area contributed by atoms with Gasteiger partial charge in [-0.2, -0.15) is 0 Å². The Bertz CT molecular complexity index is 969. The first-order valence-electron chi connectivity index (χ1n) is 9.26. The fourth-order valence-corrected chi connectivity index (χ4v) is 3.90. The first kappa shape index (κ1) is 18.0. The number of benzene rings is 2. The number of hydrogen-bond acceptors (Lipinski definition) is 3. The second-order valence-electron chi connectivity index (χ2n) is 6.69. The largest absolute Gasteiger partial charge is 0.380 e. The average Bonchev–Trinajstić information content (AvgIpc) is 3.23. The van der Waals surface area contributed by atoms with Crippen molar-refractivity contribution in [2.45, 2.75) is 25.8 Å². The van der Waals surface area contributed by atoms with E-state index in [9.17, 15) is 4.79 Å². The summed E-state index contributed by atoms with van der Waals surface area (Å²) in [6.07, 6.45) is 0.449. The van der Waals surface area contributed by atoms with Crippen LogP contribution in [-0.4, -0.2) is 35.2 Å². The number of amides is 1. The number of rotatable bonds is 6. The molecule has 1 aromatic heterocycles. The molecule has 2 heterocycles. The first-order chi connectivity index (χ1) is 13.2. The number of carbonyl (C=O) groups is 1. The summed E-state index contributed by atoms with van der Waals surface area (Å²) in [5, 5.41) is 0.632. The van der Waals surface area contributed by atoms with Crippen molar-refractivity contribution >= 4 is 34.2 Å². The number of hydrogen-bond donors (Lipinski definition) is 0. The van der Waals surface area contributed by atoms with Gasteiger partial charge in [-0.1, -0.05) is 29.8 Å². The lowest BCUT2D eigenvalue weighted by atomic mass is 10.1. The Morgan fingerprint density at radius 2 is 2.07 bits per heavy atom. The number of aromatic nitrogens is 2. The topological polar surface area (TPSA) is 47.4 Å². The van der Waals surface area contributed by atoms with Crippen LogP contribution in [0, 0.1) is 0 Å². The molecule has 0 saturated carbocycles. The Morgan fingerprint density at radius 1 is 1.22 bits per heavy atom. The lowest BCUT2D eigenvalue weighted by Gasteiger charge is -2.17. The van der Waals surface area contributed by atoms with Crippen LogP contribution in [-0.2, 0) is 16.1 Å². The van der Waals surface area contributed by atoms with Gasteiger partial charge in [-0.15, -0.1) is 0 Å². The SMILES string of the molecule is CCOCCn1c(C2CC(=O)N(c3cccc(Cl)c3)C2)nc2ccccc21. The highest BCUT2D eigenvalue weighted by molar-refractivity contribution is 6.30. The summed E-state index contributed by atoms with van der Waals surface area (Å²) in [6, 6.07) is 15.5. The predicted octanol–water partition coefficient (Wildman–Crippen LogP) is 4.25. The lowest BCUT2D eigenvalue weighted by Crippen LogP contribution is -2.24. The van der Waals surface area contributed by atoms with Gasteiger partial charge in [0.1, 0.15) is 5.82 Å². The molecule has 0 radical (unpaired) electrons. The molecule has 27 heavy (non-hydrogen) atoms. The van der Waals surface area contributed by atoms with Crippen molar-refractivity contribution in [3.63, 3.8) is 0 Å². The molecule has 1 atom stereocenters. The highest BCUT2D eigenvalue weighted by atomic mass is 35.5. The first-order valence-corrected chi connectivity index (χ1v) is 9.64. The van der Waals surface area contributed by atoms with Crippen LogP contribution in [0.25, 0.3) is 11.0 Å². The van der Waals surface area contributed by atoms with E-state index < -0.39 is 0 Å². The number of carbonyl (C=O) groups excluding carboxylic acids is 1. The van der Waals surface area contributed by atoms with Gasteiger partial charge in [0.25, 0.3) is 0 Å². The number of ether oxygens (including phenoxy) is 1. The molecule has 0 spiro atoms. The lowest BCUT2D eigenvalue weighted by molar-refractivity contribution is -0.117. The molecule has 6 heteroatoms. The summed E-state index contributed by atoms with van der Waals surface area (Å²) in [5.41, 5.74) is 2.88. The molecular weight excluding hydrogens is 362 g/mol. The van der Waals surface area contributed by atoms with Gasteiger partial charge in [-0.25, -0.2) is 4.98 Å². The number of halogens is 1. The predicted molar refractivity (Wildman–Crippen MR) is 107 cm³/mol. The van der Waals surface area contributed by atoms with Crippen molar-refractivity contribution in [1.29, 1.82) is 0 Å². The molecule has 0 N–H and O–H groups in total. The third kappa shape index (κ3) is 3.57. The van der Waals surface area contributed by atoms with Crippen molar-refractivity contribution in [2.24, 2.45) is 0 Å².